The van der Waals surface area contributed by atoms with E-state index >= 15 is 0 Å². The Morgan fingerprint density at radius 1 is 1.18 bits per heavy atom. The van der Waals surface area contributed by atoms with Gasteiger partial charge in [-0.3, -0.25) is 14.4 Å². The lowest BCUT2D eigenvalue weighted by molar-refractivity contribution is -0.186. The molecular formula is C15H25NO6. The molecule has 0 bridgehead atoms. The van der Waals surface area contributed by atoms with Crippen molar-refractivity contribution in [1.82, 2.24) is 0 Å². The largest absolute Gasteiger partial charge is 0.481 e. The number of hydrogen-bond acceptors (Lipinski definition) is 6. The summed E-state index contributed by atoms with van der Waals surface area (Å²) in [7, 11) is 0. The Kier molecular flexibility index (Phi) is 7.31. The summed E-state index contributed by atoms with van der Waals surface area (Å²) in [5.41, 5.74) is 5.89. The van der Waals surface area contributed by atoms with Gasteiger partial charge in [-0.2, -0.15) is 0 Å². The van der Waals surface area contributed by atoms with Gasteiger partial charge < -0.3 is 20.3 Å². The standard InChI is InChI=1S/C15H25NO6/c1-3-4-12(17)21-9(2)22-15(20)13(16)10-5-7-11(8-6-10)14(18)19/h9-11,13H,3-8,16H2,1-2H3,(H,18,19)/t9?,10-,11-,13?. The lowest BCUT2D eigenvalue weighted by Gasteiger charge is -2.29. The highest BCUT2D eigenvalue weighted by Gasteiger charge is 2.33. The number of carboxylic acids is 1. The molecule has 0 heterocycles. The molecule has 126 valence electrons. The van der Waals surface area contributed by atoms with Gasteiger partial charge in [-0.25, -0.2) is 0 Å². The van der Waals surface area contributed by atoms with Crippen molar-refractivity contribution in [2.24, 2.45) is 17.6 Å². The predicted octanol–water partition coefficient (Wildman–Crippen LogP) is 1.44. The van der Waals surface area contributed by atoms with Gasteiger partial charge in [0.25, 0.3) is 0 Å². The zero-order valence-electron chi connectivity index (χ0n) is 13.1. The van der Waals surface area contributed by atoms with Crippen LogP contribution in [0.2, 0.25) is 0 Å². The highest BCUT2D eigenvalue weighted by molar-refractivity contribution is 5.76. The van der Waals surface area contributed by atoms with Crippen LogP contribution in [0.3, 0.4) is 0 Å². The molecule has 1 saturated carbocycles. The summed E-state index contributed by atoms with van der Waals surface area (Å²) in [6.07, 6.45) is 2.16. The van der Waals surface area contributed by atoms with Crippen molar-refractivity contribution < 1.29 is 29.0 Å². The highest BCUT2D eigenvalue weighted by Crippen LogP contribution is 2.30. The second-order valence-electron chi connectivity index (χ2n) is 5.72. The molecule has 0 aliphatic heterocycles. The number of esters is 2. The smallest absolute Gasteiger partial charge is 0.326 e. The Bertz CT molecular complexity index is 403. The molecule has 1 rings (SSSR count). The maximum Gasteiger partial charge on any atom is 0.326 e. The van der Waals surface area contributed by atoms with Gasteiger partial charge in [-0.15, -0.1) is 0 Å². The Balaban J connectivity index is 2.39. The number of carbonyl (C=O) groups excluding carboxylic acids is 2. The van der Waals surface area contributed by atoms with E-state index in [1.165, 1.54) is 6.92 Å². The predicted molar refractivity (Wildman–Crippen MR) is 77.6 cm³/mol. The molecule has 1 aliphatic carbocycles. The van der Waals surface area contributed by atoms with Crippen LogP contribution in [0.4, 0.5) is 0 Å². The Morgan fingerprint density at radius 2 is 1.77 bits per heavy atom. The summed E-state index contributed by atoms with van der Waals surface area (Å²) < 4.78 is 9.97. The molecule has 22 heavy (non-hydrogen) atoms. The summed E-state index contributed by atoms with van der Waals surface area (Å²) in [4.78, 5) is 34.2. The second-order valence-corrected chi connectivity index (χ2v) is 5.72. The Labute approximate surface area is 130 Å². The van der Waals surface area contributed by atoms with E-state index in [2.05, 4.69) is 0 Å². The number of rotatable bonds is 7. The molecule has 2 atom stereocenters. The van der Waals surface area contributed by atoms with E-state index in [1.54, 1.807) is 0 Å². The van der Waals surface area contributed by atoms with Gasteiger partial charge in [0.1, 0.15) is 6.04 Å². The fraction of sp³-hybridized carbons (Fsp3) is 0.800. The van der Waals surface area contributed by atoms with Gasteiger partial charge in [0.2, 0.25) is 6.29 Å². The van der Waals surface area contributed by atoms with Gasteiger partial charge in [0.15, 0.2) is 0 Å². The van der Waals surface area contributed by atoms with Gasteiger partial charge in [-0.1, -0.05) is 6.92 Å². The SMILES string of the molecule is CCCC(=O)OC(C)OC(=O)C(N)[C@H]1CC[C@H](C(=O)O)CC1. The van der Waals surface area contributed by atoms with Crippen LogP contribution in [0.1, 0.15) is 52.4 Å². The van der Waals surface area contributed by atoms with Crippen molar-refractivity contribution >= 4 is 17.9 Å². The van der Waals surface area contributed by atoms with Gasteiger partial charge in [-0.05, 0) is 38.0 Å². The molecule has 2 unspecified atom stereocenters. The second kappa shape index (κ2) is 8.73. The average molecular weight is 315 g/mol. The number of carbonyl (C=O) groups is 3. The van der Waals surface area contributed by atoms with Crippen LogP contribution in [0.5, 0.6) is 0 Å². The van der Waals surface area contributed by atoms with Crippen molar-refractivity contribution in [3.63, 3.8) is 0 Å². The molecule has 0 aromatic rings. The number of carboxylic acid groups (broad SMARTS) is 1. The molecule has 0 amide bonds. The quantitative estimate of drug-likeness (QED) is 0.539. The van der Waals surface area contributed by atoms with Gasteiger partial charge in [0.05, 0.1) is 5.92 Å². The van der Waals surface area contributed by atoms with Crippen LogP contribution in [-0.4, -0.2) is 35.3 Å². The molecule has 7 heteroatoms. The minimum atomic E-state index is -0.965. The molecular weight excluding hydrogens is 290 g/mol. The summed E-state index contributed by atoms with van der Waals surface area (Å²) in [5, 5.41) is 8.95. The fourth-order valence-corrected chi connectivity index (χ4v) is 2.63. The van der Waals surface area contributed by atoms with Crippen LogP contribution in [-0.2, 0) is 23.9 Å². The van der Waals surface area contributed by atoms with Crippen LogP contribution in [0.15, 0.2) is 0 Å². The van der Waals surface area contributed by atoms with E-state index in [-0.39, 0.29) is 18.3 Å². The zero-order valence-corrected chi connectivity index (χ0v) is 13.1. The monoisotopic (exact) mass is 315 g/mol. The van der Waals surface area contributed by atoms with E-state index in [4.69, 9.17) is 20.3 Å². The third-order valence-electron chi connectivity index (χ3n) is 3.93. The third kappa shape index (κ3) is 5.63. The van der Waals surface area contributed by atoms with E-state index in [9.17, 15) is 14.4 Å². The number of ether oxygens (including phenoxy) is 2. The zero-order chi connectivity index (χ0) is 16.7. The minimum absolute atomic E-state index is 0.0957. The summed E-state index contributed by atoms with van der Waals surface area (Å²) in [5.74, 6) is -2.28. The first-order valence-corrected chi connectivity index (χ1v) is 7.73. The topological polar surface area (TPSA) is 116 Å². The Hall–Kier alpha value is -1.63. The molecule has 7 nitrogen and oxygen atoms in total. The first-order valence-electron chi connectivity index (χ1n) is 7.73. The van der Waals surface area contributed by atoms with E-state index in [0.717, 1.165) is 0 Å². The van der Waals surface area contributed by atoms with Crippen molar-refractivity contribution in [1.29, 1.82) is 0 Å². The van der Waals surface area contributed by atoms with Crippen molar-refractivity contribution in [3.05, 3.63) is 0 Å². The number of nitrogens with two attached hydrogens (primary N) is 1. The van der Waals surface area contributed by atoms with Crippen LogP contribution < -0.4 is 5.73 Å². The van der Waals surface area contributed by atoms with Gasteiger partial charge >= 0.3 is 17.9 Å². The van der Waals surface area contributed by atoms with Crippen molar-refractivity contribution in [2.45, 2.75) is 64.7 Å². The lowest BCUT2D eigenvalue weighted by Crippen LogP contribution is -2.43. The van der Waals surface area contributed by atoms with Crippen molar-refractivity contribution in [2.75, 3.05) is 0 Å². The molecule has 3 N–H and O–H groups in total. The van der Waals surface area contributed by atoms with E-state index in [1.807, 2.05) is 6.92 Å². The summed E-state index contributed by atoms with van der Waals surface area (Å²) in [6, 6.07) is -0.818. The third-order valence-corrected chi connectivity index (χ3v) is 3.93. The lowest BCUT2D eigenvalue weighted by atomic mass is 9.79. The molecule has 0 aromatic heterocycles. The average Bonchev–Trinajstić information content (AvgIpc) is 2.46. The van der Waals surface area contributed by atoms with Crippen molar-refractivity contribution in [3.8, 4) is 0 Å². The first kappa shape index (κ1) is 18.4. The van der Waals surface area contributed by atoms with Gasteiger partial charge in [0, 0.05) is 13.3 Å². The van der Waals surface area contributed by atoms with E-state index in [0.29, 0.717) is 32.1 Å². The molecule has 1 fully saturated rings. The summed E-state index contributed by atoms with van der Waals surface area (Å²) in [6.45, 7) is 3.32. The van der Waals surface area contributed by atoms with E-state index < -0.39 is 30.2 Å². The molecule has 0 saturated heterocycles. The van der Waals surface area contributed by atoms with Crippen LogP contribution in [0, 0.1) is 11.8 Å². The van der Waals surface area contributed by atoms with Crippen LogP contribution in [0.25, 0.3) is 0 Å². The Morgan fingerprint density at radius 3 is 2.27 bits per heavy atom. The molecule has 1 aliphatic rings. The normalized spacial score (nSPS) is 24.1. The maximum absolute atomic E-state index is 12.0. The molecule has 0 aromatic carbocycles. The molecule has 0 radical (unpaired) electrons. The molecule has 0 spiro atoms. The maximum atomic E-state index is 12.0. The van der Waals surface area contributed by atoms with Crippen LogP contribution >= 0.6 is 0 Å². The number of aliphatic carboxylic acids is 1. The fourth-order valence-electron chi connectivity index (χ4n) is 2.63. The number of hydrogen-bond donors (Lipinski definition) is 2. The summed E-state index contributed by atoms with van der Waals surface area (Å²) >= 11 is 0. The first-order chi connectivity index (χ1) is 10.3. The highest BCUT2D eigenvalue weighted by atomic mass is 16.7. The minimum Gasteiger partial charge on any atom is -0.481 e.